The van der Waals surface area contributed by atoms with E-state index in [1.54, 1.807) is 7.05 Å². The molecule has 6 heteroatoms. The molecule has 78 valence electrons. The number of ketones is 1. The van der Waals surface area contributed by atoms with Crippen LogP contribution in [0.15, 0.2) is 11.6 Å². The number of Topliss-reactive ketones (excluding diaryl/α,β-unsaturated/α-hetero) is 1. The summed E-state index contributed by atoms with van der Waals surface area (Å²) in [6, 6.07) is 0. The minimum absolute atomic E-state index is 0.00292. The molecule has 5 nitrogen and oxygen atoms in total. The van der Waals surface area contributed by atoms with E-state index < -0.39 is 0 Å². The highest BCUT2D eigenvalue weighted by atomic mass is 32.1. The van der Waals surface area contributed by atoms with Crippen LogP contribution in [0.1, 0.15) is 21.2 Å². The fraction of sp³-hybridized carbons (Fsp3) is 0.333. The van der Waals surface area contributed by atoms with Gasteiger partial charge in [0.25, 0.3) is 0 Å². The first-order valence-corrected chi connectivity index (χ1v) is 5.33. The monoisotopic (exact) mass is 222 g/mol. The molecule has 0 N–H and O–H groups in total. The Hall–Kier alpha value is -1.56. The summed E-state index contributed by atoms with van der Waals surface area (Å²) in [5.41, 5.74) is 1.47. The molecular formula is C9H10N4OS. The van der Waals surface area contributed by atoms with Gasteiger partial charge in [0.2, 0.25) is 0 Å². The molecule has 0 spiro atoms. The average Bonchev–Trinajstić information content (AvgIpc) is 2.75. The molecule has 2 heterocycles. The van der Waals surface area contributed by atoms with Crippen LogP contribution in [0.2, 0.25) is 0 Å². The van der Waals surface area contributed by atoms with Crippen molar-refractivity contribution in [1.29, 1.82) is 0 Å². The molecule has 2 aromatic heterocycles. The van der Waals surface area contributed by atoms with Gasteiger partial charge < -0.3 is 0 Å². The zero-order valence-corrected chi connectivity index (χ0v) is 9.28. The molecular weight excluding hydrogens is 212 g/mol. The number of hydrogen-bond donors (Lipinski definition) is 0. The van der Waals surface area contributed by atoms with Gasteiger partial charge in [0.1, 0.15) is 10.7 Å². The van der Waals surface area contributed by atoms with E-state index in [9.17, 15) is 4.79 Å². The number of thiazole rings is 1. The predicted molar refractivity (Wildman–Crippen MR) is 55.9 cm³/mol. The summed E-state index contributed by atoms with van der Waals surface area (Å²) >= 11 is 1.50. The van der Waals surface area contributed by atoms with Crippen LogP contribution in [-0.4, -0.2) is 25.8 Å². The average molecular weight is 222 g/mol. The van der Waals surface area contributed by atoms with Crippen molar-refractivity contribution < 1.29 is 4.79 Å². The van der Waals surface area contributed by atoms with Crippen molar-refractivity contribution in [3.05, 3.63) is 28.0 Å². The van der Waals surface area contributed by atoms with Gasteiger partial charge in [-0.05, 0) is 6.92 Å². The lowest BCUT2D eigenvalue weighted by atomic mass is 10.2. The van der Waals surface area contributed by atoms with Crippen LogP contribution in [0.4, 0.5) is 0 Å². The fourth-order valence-corrected chi connectivity index (χ4v) is 2.02. The first-order valence-electron chi connectivity index (χ1n) is 4.45. The Morgan fingerprint density at radius 3 is 2.93 bits per heavy atom. The maximum Gasteiger partial charge on any atom is 0.189 e. The van der Waals surface area contributed by atoms with Crippen molar-refractivity contribution in [2.75, 3.05) is 0 Å². The van der Waals surface area contributed by atoms with Gasteiger partial charge in [-0.2, -0.15) is 0 Å². The minimum atomic E-state index is -0.00292. The van der Waals surface area contributed by atoms with Gasteiger partial charge in [0, 0.05) is 18.1 Å². The van der Waals surface area contributed by atoms with Gasteiger partial charge in [-0.25, -0.2) is 9.67 Å². The van der Waals surface area contributed by atoms with E-state index in [2.05, 4.69) is 15.3 Å². The summed E-state index contributed by atoms with van der Waals surface area (Å²) in [4.78, 5) is 16.0. The predicted octanol–water partition coefficient (Wildman–Crippen LogP) is 1.01. The molecule has 0 bridgehead atoms. The maximum absolute atomic E-state index is 11.8. The zero-order chi connectivity index (χ0) is 10.8. The van der Waals surface area contributed by atoms with Gasteiger partial charge in [-0.3, -0.25) is 4.79 Å². The van der Waals surface area contributed by atoms with Gasteiger partial charge in [-0.15, -0.1) is 16.4 Å². The summed E-state index contributed by atoms with van der Waals surface area (Å²) < 4.78 is 1.47. The SMILES string of the molecule is Cc1csc(CC(=O)c2cnnn2C)n1. The standard InChI is InChI=1S/C9H10N4OS/c1-6-5-15-9(11-6)3-8(14)7-4-10-12-13(7)2/h4-5H,3H2,1-2H3. The molecule has 0 aliphatic rings. The van der Waals surface area contributed by atoms with Crippen molar-refractivity contribution in [2.24, 2.45) is 7.05 Å². The summed E-state index contributed by atoms with van der Waals surface area (Å²) in [6.07, 6.45) is 1.79. The van der Waals surface area contributed by atoms with Crippen LogP contribution >= 0.6 is 11.3 Å². The van der Waals surface area contributed by atoms with Crippen molar-refractivity contribution in [3.8, 4) is 0 Å². The Labute approximate surface area is 90.8 Å². The summed E-state index contributed by atoms with van der Waals surface area (Å²) in [5, 5.41) is 10.1. The number of nitrogens with zero attached hydrogens (tertiary/aromatic N) is 4. The molecule has 15 heavy (non-hydrogen) atoms. The molecule has 0 fully saturated rings. The molecule has 0 atom stereocenters. The van der Waals surface area contributed by atoms with Gasteiger partial charge in [0.15, 0.2) is 5.78 Å². The lowest BCUT2D eigenvalue weighted by molar-refractivity contribution is 0.0984. The van der Waals surface area contributed by atoms with E-state index in [-0.39, 0.29) is 5.78 Å². The molecule has 0 aliphatic carbocycles. The Morgan fingerprint density at radius 1 is 1.60 bits per heavy atom. The van der Waals surface area contributed by atoms with Crippen molar-refractivity contribution in [2.45, 2.75) is 13.3 Å². The fourth-order valence-electron chi connectivity index (χ4n) is 1.25. The molecule has 0 saturated heterocycles. The third-order valence-corrected chi connectivity index (χ3v) is 2.95. The van der Waals surface area contributed by atoms with Crippen molar-refractivity contribution in [3.63, 3.8) is 0 Å². The van der Waals surface area contributed by atoms with Crippen LogP contribution in [0.25, 0.3) is 0 Å². The normalized spacial score (nSPS) is 10.5. The van der Waals surface area contributed by atoms with E-state index in [1.807, 2.05) is 12.3 Å². The summed E-state index contributed by atoms with van der Waals surface area (Å²) in [7, 11) is 1.70. The molecule has 0 unspecified atom stereocenters. The van der Waals surface area contributed by atoms with Crippen LogP contribution in [0.3, 0.4) is 0 Å². The third kappa shape index (κ3) is 2.10. The Morgan fingerprint density at radius 2 is 2.40 bits per heavy atom. The summed E-state index contributed by atoms with van der Waals surface area (Å²) in [5.74, 6) is -0.00292. The highest BCUT2D eigenvalue weighted by Gasteiger charge is 2.13. The largest absolute Gasteiger partial charge is 0.292 e. The van der Waals surface area contributed by atoms with Crippen molar-refractivity contribution >= 4 is 17.1 Å². The Kier molecular flexibility index (Phi) is 2.59. The lowest BCUT2D eigenvalue weighted by Crippen LogP contribution is -2.09. The molecule has 2 aromatic rings. The zero-order valence-electron chi connectivity index (χ0n) is 8.47. The van der Waals surface area contributed by atoms with E-state index in [0.29, 0.717) is 12.1 Å². The molecule has 0 radical (unpaired) electrons. The second kappa shape index (κ2) is 3.90. The lowest BCUT2D eigenvalue weighted by Gasteiger charge is -1.96. The number of carbonyl (C=O) groups excluding carboxylic acids is 1. The Bertz CT molecular complexity index is 488. The quantitative estimate of drug-likeness (QED) is 0.727. The molecule has 0 aliphatic heterocycles. The number of rotatable bonds is 3. The maximum atomic E-state index is 11.8. The Balaban J connectivity index is 2.14. The highest BCUT2D eigenvalue weighted by molar-refractivity contribution is 7.09. The number of carbonyl (C=O) groups is 1. The second-order valence-corrected chi connectivity index (χ2v) is 4.17. The van der Waals surface area contributed by atoms with E-state index in [4.69, 9.17) is 0 Å². The van der Waals surface area contributed by atoms with Crippen LogP contribution in [0, 0.1) is 6.92 Å². The van der Waals surface area contributed by atoms with Crippen LogP contribution in [0.5, 0.6) is 0 Å². The van der Waals surface area contributed by atoms with E-state index in [1.165, 1.54) is 22.2 Å². The minimum Gasteiger partial charge on any atom is -0.292 e. The van der Waals surface area contributed by atoms with Crippen LogP contribution < -0.4 is 0 Å². The third-order valence-electron chi connectivity index (χ3n) is 1.98. The van der Waals surface area contributed by atoms with Gasteiger partial charge in [-0.1, -0.05) is 5.21 Å². The van der Waals surface area contributed by atoms with Crippen LogP contribution in [-0.2, 0) is 13.5 Å². The second-order valence-electron chi connectivity index (χ2n) is 3.23. The van der Waals surface area contributed by atoms with E-state index >= 15 is 0 Å². The molecule has 2 rings (SSSR count). The first-order chi connectivity index (χ1) is 7.16. The molecule has 0 aromatic carbocycles. The van der Waals surface area contributed by atoms with Gasteiger partial charge >= 0.3 is 0 Å². The van der Waals surface area contributed by atoms with Crippen molar-refractivity contribution in [1.82, 2.24) is 20.0 Å². The highest BCUT2D eigenvalue weighted by Crippen LogP contribution is 2.11. The number of hydrogen-bond acceptors (Lipinski definition) is 5. The molecule has 0 saturated carbocycles. The van der Waals surface area contributed by atoms with E-state index in [0.717, 1.165) is 10.7 Å². The smallest absolute Gasteiger partial charge is 0.189 e. The van der Waals surface area contributed by atoms with Gasteiger partial charge in [0.05, 0.1) is 12.6 Å². The summed E-state index contributed by atoms with van der Waals surface area (Å²) in [6.45, 7) is 1.91. The molecule has 0 amide bonds. The first kappa shape index (κ1) is 9.97. The number of aromatic nitrogens is 4. The topological polar surface area (TPSA) is 60.7 Å². The number of aryl methyl sites for hydroxylation is 2.